The van der Waals surface area contributed by atoms with Crippen LogP contribution in [0, 0.1) is 13.8 Å². The lowest BCUT2D eigenvalue weighted by atomic mass is 10.2. The van der Waals surface area contributed by atoms with Crippen LogP contribution in [0.5, 0.6) is 0 Å². The zero-order chi connectivity index (χ0) is 17.1. The van der Waals surface area contributed by atoms with Gasteiger partial charge in [-0.3, -0.25) is 5.43 Å². The van der Waals surface area contributed by atoms with E-state index >= 15 is 0 Å². The molecule has 0 radical (unpaired) electrons. The van der Waals surface area contributed by atoms with E-state index in [1.165, 1.54) is 0 Å². The Bertz CT molecular complexity index is 884. The molecule has 0 bridgehead atoms. The minimum absolute atomic E-state index is 0.341. The van der Waals surface area contributed by atoms with Crippen molar-refractivity contribution in [3.63, 3.8) is 0 Å². The smallest absolute Gasteiger partial charge is 0.168 e. The highest BCUT2D eigenvalue weighted by molar-refractivity contribution is 6.32. The monoisotopic (exact) mass is 359 g/mol. The lowest BCUT2D eigenvalue weighted by molar-refractivity contribution is 0.965. The largest absolute Gasteiger partial charge is 0.316 e. The SMILES string of the molecule is Cc1cc(C=NNc2ccc(Cl)nn2)c(C)n1-c1ccccc1Cl. The Morgan fingerprint density at radius 3 is 2.58 bits per heavy atom. The molecule has 2 aromatic heterocycles. The summed E-state index contributed by atoms with van der Waals surface area (Å²) in [5.74, 6) is 0.524. The van der Waals surface area contributed by atoms with Crippen molar-refractivity contribution in [2.75, 3.05) is 5.43 Å². The van der Waals surface area contributed by atoms with Gasteiger partial charge in [0.25, 0.3) is 0 Å². The van der Waals surface area contributed by atoms with Crippen molar-refractivity contribution < 1.29 is 0 Å². The van der Waals surface area contributed by atoms with Crippen LogP contribution in [0.25, 0.3) is 5.69 Å². The second-order valence-corrected chi connectivity index (χ2v) is 6.02. The topological polar surface area (TPSA) is 55.1 Å². The van der Waals surface area contributed by atoms with Crippen molar-refractivity contribution in [3.8, 4) is 5.69 Å². The summed E-state index contributed by atoms with van der Waals surface area (Å²) in [6.07, 6.45) is 1.74. The number of hydrogen-bond acceptors (Lipinski definition) is 4. The van der Waals surface area contributed by atoms with Gasteiger partial charge < -0.3 is 4.57 Å². The van der Waals surface area contributed by atoms with Crippen LogP contribution in [-0.4, -0.2) is 21.0 Å². The molecule has 7 heteroatoms. The highest BCUT2D eigenvalue weighted by atomic mass is 35.5. The van der Waals surface area contributed by atoms with Gasteiger partial charge in [-0.25, -0.2) is 0 Å². The zero-order valence-electron chi connectivity index (χ0n) is 13.2. The molecule has 2 heterocycles. The van der Waals surface area contributed by atoms with Gasteiger partial charge in [-0.1, -0.05) is 35.3 Å². The van der Waals surface area contributed by atoms with Crippen LogP contribution < -0.4 is 5.43 Å². The van der Waals surface area contributed by atoms with Gasteiger partial charge in [-0.15, -0.1) is 10.2 Å². The van der Waals surface area contributed by atoms with Crippen molar-refractivity contribution in [1.29, 1.82) is 0 Å². The summed E-state index contributed by atoms with van der Waals surface area (Å²) in [6, 6.07) is 13.2. The molecule has 1 aromatic carbocycles. The molecule has 0 saturated heterocycles. The molecule has 24 heavy (non-hydrogen) atoms. The quantitative estimate of drug-likeness (QED) is 0.545. The second-order valence-electron chi connectivity index (χ2n) is 5.22. The standard InChI is InChI=1S/C17H15Cl2N5/c1-11-9-13(10-20-22-17-8-7-16(19)21-23-17)12(2)24(11)15-6-4-3-5-14(15)18/h3-10H,1-2H3,(H,22,23). The average Bonchev–Trinajstić information content (AvgIpc) is 2.84. The van der Waals surface area contributed by atoms with E-state index in [2.05, 4.69) is 31.4 Å². The van der Waals surface area contributed by atoms with E-state index in [0.717, 1.165) is 22.6 Å². The zero-order valence-corrected chi connectivity index (χ0v) is 14.7. The molecule has 0 fully saturated rings. The Kier molecular flexibility index (Phi) is 4.83. The van der Waals surface area contributed by atoms with Crippen molar-refractivity contribution in [3.05, 3.63) is 69.6 Å². The fourth-order valence-corrected chi connectivity index (χ4v) is 2.79. The Morgan fingerprint density at radius 1 is 1.08 bits per heavy atom. The Balaban J connectivity index is 1.85. The fourth-order valence-electron chi connectivity index (χ4n) is 2.47. The van der Waals surface area contributed by atoms with Crippen molar-refractivity contribution in [1.82, 2.24) is 14.8 Å². The Hall–Kier alpha value is -2.37. The van der Waals surface area contributed by atoms with Gasteiger partial charge in [0, 0.05) is 17.0 Å². The maximum absolute atomic E-state index is 6.32. The number of aryl methyl sites for hydroxylation is 1. The van der Waals surface area contributed by atoms with Gasteiger partial charge in [-0.05, 0) is 44.2 Å². The van der Waals surface area contributed by atoms with Gasteiger partial charge in [-0.2, -0.15) is 5.10 Å². The molecule has 3 aromatic rings. The molecule has 0 atom stereocenters. The van der Waals surface area contributed by atoms with Gasteiger partial charge in [0.1, 0.15) is 0 Å². The lowest BCUT2D eigenvalue weighted by Crippen LogP contribution is -2.00. The third-order valence-corrected chi connectivity index (χ3v) is 4.10. The number of benzene rings is 1. The lowest BCUT2D eigenvalue weighted by Gasteiger charge is -2.11. The highest BCUT2D eigenvalue weighted by Gasteiger charge is 2.11. The van der Waals surface area contributed by atoms with E-state index in [4.69, 9.17) is 23.2 Å². The number of nitrogens with one attached hydrogen (secondary N) is 1. The first-order valence-electron chi connectivity index (χ1n) is 7.28. The molecule has 0 aliphatic heterocycles. The summed E-state index contributed by atoms with van der Waals surface area (Å²) < 4.78 is 2.10. The predicted octanol–water partition coefficient (Wildman–Crippen LogP) is 4.64. The third kappa shape index (κ3) is 3.42. The maximum Gasteiger partial charge on any atom is 0.168 e. The van der Waals surface area contributed by atoms with Crippen LogP contribution in [0.4, 0.5) is 5.82 Å². The number of rotatable bonds is 4. The van der Waals surface area contributed by atoms with Gasteiger partial charge >= 0.3 is 0 Å². The summed E-state index contributed by atoms with van der Waals surface area (Å²) in [4.78, 5) is 0. The summed E-state index contributed by atoms with van der Waals surface area (Å²) in [5, 5.41) is 12.9. The van der Waals surface area contributed by atoms with E-state index in [0.29, 0.717) is 16.0 Å². The van der Waals surface area contributed by atoms with Gasteiger partial charge in [0.05, 0.1) is 16.9 Å². The minimum Gasteiger partial charge on any atom is -0.316 e. The first-order valence-corrected chi connectivity index (χ1v) is 8.04. The second kappa shape index (κ2) is 7.03. The molecule has 0 spiro atoms. The summed E-state index contributed by atoms with van der Waals surface area (Å²) in [7, 11) is 0. The van der Waals surface area contributed by atoms with Crippen molar-refractivity contribution in [2.24, 2.45) is 5.10 Å². The maximum atomic E-state index is 6.32. The van der Waals surface area contributed by atoms with E-state index in [-0.39, 0.29) is 0 Å². The molecule has 0 aliphatic carbocycles. The van der Waals surface area contributed by atoms with Crippen LogP contribution in [-0.2, 0) is 0 Å². The molecule has 3 rings (SSSR count). The molecule has 0 unspecified atom stereocenters. The van der Waals surface area contributed by atoms with E-state index < -0.39 is 0 Å². The first kappa shape index (κ1) is 16.5. The van der Waals surface area contributed by atoms with E-state index in [1.54, 1.807) is 18.3 Å². The number of aromatic nitrogens is 3. The molecule has 1 N–H and O–H groups in total. The summed E-state index contributed by atoms with van der Waals surface area (Å²) in [6.45, 7) is 4.06. The molecule has 0 saturated carbocycles. The van der Waals surface area contributed by atoms with Gasteiger partial charge in [0.15, 0.2) is 11.0 Å². The molecular weight excluding hydrogens is 345 g/mol. The fraction of sp³-hybridized carbons (Fsp3) is 0.118. The van der Waals surface area contributed by atoms with Gasteiger partial charge in [0.2, 0.25) is 0 Å². The molecule has 122 valence electrons. The number of nitrogens with zero attached hydrogens (tertiary/aromatic N) is 4. The molecule has 0 amide bonds. The predicted molar refractivity (Wildman–Crippen MR) is 98.5 cm³/mol. The first-order chi connectivity index (χ1) is 11.6. The summed E-state index contributed by atoms with van der Waals surface area (Å²) >= 11 is 12.0. The molecule has 0 aliphatic rings. The van der Waals surface area contributed by atoms with Crippen LogP contribution >= 0.6 is 23.2 Å². The average molecular weight is 360 g/mol. The number of hydrogen-bond donors (Lipinski definition) is 1. The highest BCUT2D eigenvalue weighted by Crippen LogP contribution is 2.25. The molecular formula is C17H15Cl2N5. The van der Waals surface area contributed by atoms with E-state index in [1.807, 2.05) is 38.1 Å². The van der Waals surface area contributed by atoms with Crippen LogP contribution in [0.1, 0.15) is 17.0 Å². The number of halogens is 2. The summed E-state index contributed by atoms with van der Waals surface area (Å²) in [5.41, 5.74) is 6.89. The minimum atomic E-state index is 0.341. The Morgan fingerprint density at radius 2 is 1.88 bits per heavy atom. The third-order valence-electron chi connectivity index (χ3n) is 3.58. The molecule has 5 nitrogen and oxygen atoms in total. The van der Waals surface area contributed by atoms with E-state index in [9.17, 15) is 0 Å². The van der Waals surface area contributed by atoms with Crippen molar-refractivity contribution >= 4 is 35.2 Å². The number of hydrazone groups is 1. The van der Waals surface area contributed by atoms with Crippen LogP contribution in [0.3, 0.4) is 0 Å². The Labute approximate surface area is 149 Å². The van der Waals surface area contributed by atoms with Crippen LogP contribution in [0.15, 0.2) is 47.6 Å². The van der Waals surface area contributed by atoms with Crippen molar-refractivity contribution in [2.45, 2.75) is 13.8 Å². The normalized spacial score (nSPS) is 11.2. The number of anilines is 1. The number of para-hydroxylation sites is 1. The van der Waals surface area contributed by atoms with Crippen LogP contribution in [0.2, 0.25) is 10.2 Å².